The Kier molecular flexibility index (Phi) is 6.13. The maximum atomic E-state index is 5.95. The first-order valence-electron chi connectivity index (χ1n) is 11.7. The van der Waals surface area contributed by atoms with Crippen LogP contribution in [0.5, 0.6) is 0 Å². The molecule has 2 aliphatic rings. The summed E-state index contributed by atoms with van der Waals surface area (Å²) in [5, 5.41) is 5.23. The standard InChI is InChI=1S/2C13H11N.C6H6/c2*14-12-8-7-10-4-1-3-9-5-2-6-11(12)13(9)10;1-2-4-6-5-3-1/h2*1-4,6-8H,5,14H2;1-6H. The molecule has 0 heterocycles. The summed E-state index contributed by atoms with van der Waals surface area (Å²) >= 11 is 0. The van der Waals surface area contributed by atoms with Crippen molar-refractivity contribution in [2.24, 2.45) is 0 Å². The van der Waals surface area contributed by atoms with Gasteiger partial charge in [0.2, 0.25) is 0 Å². The van der Waals surface area contributed by atoms with E-state index in [1.54, 1.807) is 0 Å². The molecule has 4 N–H and O–H groups in total. The van der Waals surface area contributed by atoms with Crippen LogP contribution >= 0.6 is 0 Å². The molecule has 0 spiro atoms. The summed E-state index contributed by atoms with van der Waals surface area (Å²) in [4.78, 5) is 0. The molecular weight excluding hydrogens is 412 g/mol. The highest BCUT2D eigenvalue weighted by molar-refractivity contribution is 6.00. The Morgan fingerprint density at radius 1 is 0.441 bits per heavy atom. The van der Waals surface area contributed by atoms with E-state index in [0.717, 1.165) is 24.2 Å². The highest BCUT2D eigenvalue weighted by Gasteiger charge is 2.10. The molecule has 5 aromatic carbocycles. The number of hydrogen-bond acceptors (Lipinski definition) is 2. The van der Waals surface area contributed by atoms with E-state index in [2.05, 4.69) is 72.8 Å². The van der Waals surface area contributed by atoms with E-state index in [1.165, 1.54) is 43.8 Å². The van der Waals surface area contributed by atoms with Crippen LogP contribution in [0.15, 0.2) is 109 Å². The van der Waals surface area contributed by atoms with Gasteiger partial charge >= 0.3 is 0 Å². The molecule has 2 nitrogen and oxygen atoms in total. The third-order valence-electron chi connectivity index (χ3n) is 6.32. The van der Waals surface area contributed by atoms with Gasteiger partial charge in [0.05, 0.1) is 0 Å². The normalized spacial score (nSPS) is 12.5. The molecule has 7 rings (SSSR count). The van der Waals surface area contributed by atoms with Crippen LogP contribution in [-0.4, -0.2) is 0 Å². The molecule has 0 bridgehead atoms. The summed E-state index contributed by atoms with van der Waals surface area (Å²) in [6, 6.07) is 33.0. The molecule has 0 radical (unpaired) electrons. The average molecular weight is 441 g/mol. The van der Waals surface area contributed by atoms with Crippen LogP contribution in [-0.2, 0) is 12.8 Å². The van der Waals surface area contributed by atoms with Crippen molar-refractivity contribution in [2.75, 3.05) is 11.5 Å². The van der Waals surface area contributed by atoms with Gasteiger partial charge in [-0.1, -0.05) is 109 Å². The lowest BCUT2D eigenvalue weighted by atomic mass is 9.92. The Hall–Kier alpha value is -4.30. The van der Waals surface area contributed by atoms with Crippen LogP contribution in [0, 0.1) is 0 Å². The number of nitrogens with two attached hydrogens (primary N) is 2. The molecule has 2 aliphatic carbocycles. The van der Waals surface area contributed by atoms with E-state index in [1.807, 2.05) is 48.5 Å². The van der Waals surface area contributed by atoms with Gasteiger partial charge in [-0.2, -0.15) is 0 Å². The number of nitrogen functional groups attached to an aromatic ring is 2. The van der Waals surface area contributed by atoms with Crippen molar-refractivity contribution < 1.29 is 0 Å². The van der Waals surface area contributed by atoms with Crippen molar-refractivity contribution >= 4 is 45.1 Å². The van der Waals surface area contributed by atoms with Crippen LogP contribution < -0.4 is 11.5 Å². The predicted octanol–water partition coefficient (Wildman–Crippen LogP) is 7.67. The van der Waals surface area contributed by atoms with Crippen molar-refractivity contribution in [3.8, 4) is 0 Å². The number of anilines is 2. The maximum Gasteiger partial charge on any atom is 0.0394 e. The summed E-state index contributed by atoms with van der Waals surface area (Å²) in [5.74, 6) is 0. The Balaban J connectivity index is 0.000000115. The van der Waals surface area contributed by atoms with Crippen LogP contribution in [0.4, 0.5) is 11.4 Å². The van der Waals surface area contributed by atoms with Crippen molar-refractivity contribution in [1.82, 2.24) is 0 Å². The quantitative estimate of drug-likeness (QED) is 0.243. The molecule has 5 aromatic rings. The van der Waals surface area contributed by atoms with Crippen molar-refractivity contribution in [2.45, 2.75) is 12.8 Å². The predicted molar refractivity (Wildman–Crippen MR) is 149 cm³/mol. The first-order chi connectivity index (χ1) is 16.7. The molecule has 0 unspecified atom stereocenters. The fraction of sp³-hybridized carbons (Fsp3) is 0.0625. The van der Waals surface area contributed by atoms with E-state index in [-0.39, 0.29) is 0 Å². The summed E-state index contributed by atoms with van der Waals surface area (Å²) in [7, 11) is 0. The number of hydrogen-bond donors (Lipinski definition) is 2. The second-order valence-corrected chi connectivity index (χ2v) is 8.54. The molecule has 0 fully saturated rings. The minimum Gasteiger partial charge on any atom is -0.398 e. The zero-order valence-corrected chi connectivity index (χ0v) is 19.1. The molecule has 2 heteroatoms. The fourth-order valence-corrected chi connectivity index (χ4v) is 4.69. The maximum absolute atomic E-state index is 5.95. The molecule has 0 atom stereocenters. The van der Waals surface area contributed by atoms with Gasteiger partial charge in [-0.25, -0.2) is 0 Å². The number of benzene rings is 5. The average Bonchev–Trinajstić information content (AvgIpc) is 2.90. The molecule has 34 heavy (non-hydrogen) atoms. The Bertz CT molecular complexity index is 1380. The van der Waals surface area contributed by atoms with Gasteiger partial charge in [0, 0.05) is 22.5 Å². The lowest BCUT2D eigenvalue weighted by Crippen LogP contribution is -1.97. The molecule has 0 saturated heterocycles. The third kappa shape index (κ3) is 4.31. The molecule has 166 valence electrons. The first kappa shape index (κ1) is 21.5. The second kappa shape index (κ2) is 9.68. The monoisotopic (exact) mass is 440 g/mol. The van der Waals surface area contributed by atoms with Crippen LogP contribution in [0.1, 0.15) is 22.3 Å². The molecule has 0 saturated carbocycles. The Labute approximate surface area is 200 Å². The number of allylic oxidation sites excluding steroid dienone is 2. The van der Waals surface area contributed by atoms with Crippen molar-refractivity contribution in [3.05, 3.63) is 131 Å². The zero-order chi connectivity index (χ0) is 23.3. The molecular formula is C32H28N2. The second-order valence-electron chi connectivity index (χ2n) is 8.54. The van der Waals surface area contributed by atoms with E-state index in [0.29, 0.717) is 0 Å². The van der Waals surface area contributed by atoms with Gasteiger partial charge in [-0.3, -0.25) is 0 Å². The van der Waals surface area contributed by atoms with Crippen molar-refractivity contribution in [3.63, 3.8) is 0 Å². The summed E-state index contributed by atoms with van der Waals surface area (Å²) in [6.45, 7) is 0. The Morgan fingerprint density at radius 3 is 1.26 bits per heavy atom. The van der Waals surface area contributed by atoms with E-state index >= 15 is 0 Å². The van der Waals surface area contributed by atoms with E-state index in [4.69, 9.17) is 11.5 Å². The van der Waals surface area contributed by atoms with E-state index in [9.17, 15) is 0 Å². The van der Waals surface area contributed by atoms with Gasteiger partial charge < -0.3 is 11.5 Å². The smallest absolute Gasteiger partial charge is 0.0394 e. The lowest BCUT2D eigenvalue weighted by molar-refractivity contribution is 1.29. The highest BCUT2D eigenvalue weighted by atomic mass is 14.6. The third-order valence-corrected chi connectivity index (χ3v) is 6.32. The molecule has 0 aliphatic heterocycles. The van der Waals surface area contributed by atoms with Crippen LogP contribution in [0.25, 0.3) is 33.7 Å². The van der Waals surface area contributed by atoms with Crippen LogP contribution in [0.2, 0.25) is 0 Å². The van der Waals surface area contributed by atoms with Gasteiger partial charge in [0.1, 0.15) is 0 Å². The SMILES string of the molecule is Nc1ccc2cccc3c2c1C=CC3.Nc1ccc2cccc3c2c1C=CC3.c1ccccc1. The fourth-order valence-electron chi connectivity index (χ4n) is 4.69. The Morgan fingerprint density at radius 2 is 0.853 bits per heavy atom. The largest absolute Gasteiger partial charge is 0.398 e. The lowest BCUT2D eigenvalue weighted by Gasteiger charge is -2.14. The van der Waals surface area contributed by atoms with Gasteiger partial charge in [0.15, 0.2) is 0 Å². The minimum absolute atomic E-state index is 0.876. The van der Waals surface area contributed by atoms with Gasteiger partial charge in [0.25, 0.3) is 0 Å². The summed E-state index contributed by atoms with van der Waals surface area (Å²) in [5.41, 5.74) is 18.8. The molecule has 0 aromatic heterocycles. The summed E-state index contributed by atoms with van der Waals surface area (Å²) in [6.07, 6.45) is 10.7. The first-order valence-corrected chi connectivity index (χ1v) is 11.7. The highest BCUT2D eigenvalue weighted by Crippen LogP contribution is 2.33. The van der Waals surface area contributed by atoms with Crippen molar-refractivity contribution in [1.29, 1.82) is 0 Å². The topological polar surface area (TPSA) is 52.0 Å². The minimum atomic E-state index is 0.876. The van der Waals surface area contributed by atoms with Gasteiger partial charge in [-0.15, -0.1) is 0 Å². The van der Waals surface area contributed by atoms with Crippen LogP contribution in [0.3, 0.4) is 0 Å². The molecule has 0 amide bonds. The zero-order valence-electron chi connectivity index (χ0n) is 19.1. The summed E-state index contributed by atoms with van der Waals surface area (Å²) < 4.78 is 0. The van der Waals surface area contributed by atoms with Gasteiger partial charge in [-0.05, 0) is 57.6 Å². The van der Waals surface area contributed by atoms with E-state index < -0.39 is 0 Å². The number of rotatable bonds is 0.